The van der Waals surface area contributed by atoms with Gasteiger partial charge in [-0.15, -0.1) is 11.8 Å². The second-order valence-electron chi connectivity index (χ2n) is 4.05. The van der Waals surface area contributed by atoms with Crippen molar-refractivity contribution in [3.05, 3.63) is 11.7 Å². The molecule has 0 aromatic carbocycles. The highest BCUT2D eigenvalue weighted by molar-refractivity contribution is 7.99. The zero-order chi connectivity index (χ0) is 10.1. The van der Waals surface area contributed by atoms with Crippen LogP contribution in [0.25, 0.3) is 0 Å². The Bertz CT molecular complexity index is 299. The molecule has 0 bridgehead atoms. The topological polar surface area (TPSA) is 48.2 Å². The van der Waals surface area contributed by atoms with Gasteiger partial charge in [-0.2, -0.15) is 4.98 Å². The minimum atomic E-state index is 0.355. The largest absolute Gasteiger partial charge is 0.381 e. The number of hydrogen-bond acceptors (Lipinski definition) is 5. The van der Waals surface area contributed by atoms with E-state index in [2.05, 4.69) is 10.1 Å². The number of rotatable bonds is 2. The van der Waals surface area contributed by atoms with E-state index in [0.29, 0.717) is 11.2 Å². The quantitative estimate of drug-likeness (QED) is 0.773. The van der Waals surface area contributed by atoms with Crippen LogP contribution in [0.15, 0.2) is 4.52 Å². The van der Waals surface area contributed by atoms with Crippen LogP contribution in [-0.2, 0) is 4.74 Å². The summed E-state index contributed by atoms with van der Waals surface area (Å²) in [6.45, 7) is 1.57. The third kappa shape index (κ3) is 1.90. The molecule has 82 valence electrons. The molecule has 15 heavy (non-hydrogen) atoms. The standard InChI is InChI=1S/C10H14N2O2S/c1-2-8(15-5-1)10-11-9(12-14-10)7-3-4-13-6-7/h7-8H,1-6H2. The lowest BCUT2D eigenvalue weighted by Gasteiger charge is -2.00. The number of thioether (sulfide) groups is 1. The number of aromatic nitrogens is 2. The lowest BCUT2D eigenvalue weighted by molar-refractivity contribution is 0.192. The van der Waals surface area contributed by atoms with Crippen LogP contribution < -0.4 is 0 Å². The van der Waals surface area contributed by atoms with Gasteiger partial charge in [-0.25, -0.2) is 0 Å². The van der Waals surface area contributed by atoms with Gasteiger partial charge >= 0.3 is 0 Å². The highest BCUT2D eigenvalue weighted by atomic mass is 32.2. The van der Waals surface area contributed by atoms with E-state index in [1.54, 1.807) is 0 Å². The van der Waals surface area contributed by atoms with Crippen LogP contribution >= 0.6 is 11.8 Å². The average molecular weight is 226 g/mol. The first-order chi connectivity index (χ1) is 7.43. The maximum absolute atomic E-state index is 5.32. The maximum atomic E-state index is 5.32. The third-order valence-electron chi connectivity index (χ3n) is 2.96. The van der Waals surface area contributed by atoms with Crippen molar-refractivity contribution in [2.75, 3.05) is 19.0 Å². The summed E-state index contributed by atoms with van der Waals surface area (Å²) in [6.07, 6.45) is 3.46. The fraction of sp³-hybridized carbons (Fsp3) is 0.800. The van der Waals surface area contributed by atoms with Crippen LogP contribution in [0.5, 0.6) is 0 Å². The predicted octanol–water partition coefficient (Wildman–Crippen LogP) is 2.14. The van der Waals surface area contributed by atoms with Gasteiger partial charge in [0, 0.05) is 12.5 Å². The molecule has 0 radical (unpaired) electrons. The highest BCUT2D eigenvalue weighted by Gasteiger charge is 2.27. The first kappa shape index (κ1) is 9.66. The van der Waals surface area contributed by atoms with Gasteiger partial charge in [0.1, 0.15) is 0 Å². The Labute approximate surface area is 92.8 Å². The normalized spacial score (nSPS) is 31.2. The summed E-state index contributed by atoms with van der Waals surface area (Å²) >= 11 is 1.92. The molecule has 0 N–H and O–H groups in total. The minimum Gasteiger partial charge on any atom is -0.381 e. The smallest absolute Gasteiger partial charge is 0.239 e. The van der Waals surface area contributed by atoms with Crippen molar-refractivity contribution in [2.24, 2.45) is 0 Å². The van der Waals surface area contributed by atoms with Gasteiger partial charge in [0.2, 0.25) is 5.89 Å². The summed E-state index contributed by atoms with van der Waals surface area (Å²) in [5, 5.41) is 4.50. The minimum absolute atomic E-state index is 0.355. The Hall–Kier alpha value is -0.550. The fourth-order valence-corrected chi connectivity index (χ4v) is 3.24. The van der Waals surface area contributed by atoms with Crippen molar-refractivity contribution in [1.29, 1.82) is 0 Å². The molecular weight excluding hydrogens is 212 g/mol. The summed E-state index contributed by atoms with van der Waals surface area (Å²) < 4.78 is 10.6. The maximum Gasteiger partial charge on any atom is 0.239 e. The summed E-state index contributed by atoms with van der Waals surface area (Å²) in [5.41, 5.74) is 0. The molecule has 0 saturated carbocycles. The van der Waals surface area contributed by atoms with Crippen molar-refractivity contribution < 1.29 is 9.26 Å². The van der Waals surface area contributed by atoms with Crippen LogP contribution in [0.1, 0.15) is 42.1 Å². The van der Waals surface area contributed by atoms with Crippen LogP contribution in [0.3, 0.4) is 0 Å². The van der Waals surface area contributed by atoms with E-state index in [4.69, 9.17) is 9.26 Å². The van der Waals surface area contributed by atoms with E-state index in [1.807, 2.05) is 11.8 Å². The van der Waals surface area contributed by atoms with Crippen molar-refractivity contribution in [2.45, 2.75) is 30.4 Å². The molecule has 4 nitrogen and oxygen atoms in total. The zero-order valence-corrected chi connectivity index (χ0v) is 9.33. The van der Waals surface area contributed by atoms with Gasteiger partial charge in [-0.3, -0.25) is 0 Å². The Balaban J connectivity index is 1.74. The molecular formula is C10H14N2O2S. The van der Waals surface area contributed by atoms with E-state index < -0.39 is 0 Å². The first-order valence-electron chi connectivity index (χ1n) is 5.46. The molecule has 2 aliphatic heterocycles. The van der Waals surface area contributed by atoms with Crippen molar-refractivity contribution in [3.63, 3.8) is 0 Å². The van der Waals surface area contributed by atoms with Gasteiger partial charge in [-0.1, -0.05) is 5.16 Å². The van der Waals surface area contributed by atoms with Crippen molar-refractivity contribution >= 4 is 11.8 Å². The summed E-state index contributed by atoms with van der Waals surface area (Å²) in [6, 6.07) is 0. The zero-order valence-electron chi connectivity index (χ0n) is 8.52. The predicted molar refractivity (Wildman–Crippen MR) is 56.9 cm³/mol. The second-order valence-corrected chi connectivity index (χ2v) is 5.36. The Morgan fingerprint density at radius 2 is 2.33 bits per heavy atom. The SMILES string of the molecule is C1CSC(c2nc(C3CCOC3)no2)C1. The van der Waals surface area contributed by atoms with Crippen LogP contribution in [0, 0.1) is 0 Å². The van der Waals surface area contributed by atoms with Crippen molar-refractivity contribution in [1.82, 2.24) is 10.1 Å². The van der Waals surface area contributed by atoms with Gasteiger partial charge < -0.3 is 9.26 Å². The molecule has 2 unspecified atom stereocenters. The van der Waals surface area contributed by atoms with Crippen LogP contribution in [0.2, 0.25) is 0 Å². The number of nitrogens with zero attached hydrogens (tertiary/aromatic N) is 2. The van der Waals surface area contributed by atoms with Gasteiger partial charge in [0.05, 0.1) is 11.9 Å². The van der Waals surface area contributed by atoms with Gasteiger partial charge in [0.15, 0.2) is 5.82 Å². The molecule has 3 heterocycles. The van der Waals surface area contributed by atoms with E-state index in [9.17, 15) is 0 Å². The molecule has 2 fully saturated rings. The summed E-state index contributed by atoms with van der Waals surface area (Å²) in [4.78, 5) is 4.50. The molecule has 2 atom stereocenters. The third-order valence-corrected chi connectivity index (χ3v) is 4.32. The summed E-state index contributed by atoms with van der Waals surface area (Å²) in [7, 11) is 0. The Morgan fingerprint density at radius 3 is 3.07 bits per heavy atom. The number of ether oxygens (including phenoxy) is 1. The van der Waals surface area contributed by atoms with E-state index >= 15 is 0 Å². The molecule has 5 heteroatoms. The molecule has 1 aromatic rings. The number of hydrogen-bond donors (Lipinski definition) is 0. The molecule has 2 saturated heterocycles. The molecule has 1 aromatic heterocycles. The van der Waals surface area contributed by atoms with E-state index in [-0.39, 0.29) is 0 Å². The van der Waals surface area contributed by atoms with Crippen LogP contribution in [0.4, 0.5) is 0 Å². The Kier molecular flexibility index (Phi) is 2.66. The lowest BCUT2D eigenvalue weighted by Crippen LogP contribution is -2.00. The van der Waals surface area contributed by atoms with E-state index in [1.165, 1.54) is 18.6 Å². The molecule has 0 aliphatic carbocycles. The first-order valence-corrected chi connectivity index (χ1v) is 6.51. The van der Waals surface area contributed by atoms with Gasteiger partial charge in [-0.05, 0) is 25.0 Å². The van der Waals surface area contributed by atoms with Crippen molar-refractivity contribution in [3.8, 4) is 0 Å². The molecule has 0 amide bonds. The van der Waals surface area contributed by atoms with Crippen LogP contribution in [-0.4, -0.2) is 29.1 Å². The average Bonchev–Trinajstić information content (AvgIpc) is 3.02. The Morgan fingerprint density at radius 1 is 1.33 bits per heavy atom. The van der Waals surface area contributed by atoms with E-state index in [0.717, 1.165) is 31.3 Å². The second kappa shape index (κ2) is 4.14. The molecule has 0 spiro atoms. The summed E-state index contributed by atoms with van der Waals surface area (Å²) in [5.74, 6) is 3.23. The lowest BCUT2D eigenvalue weighted by atomic mass is 10.1. The molecule has 2 aliphatic rings. The van der Waals surface area contributed by atoms with Gasteiger partial charge in [0.25, 0.3) is 0 Å². The molecule has 3 rings (SSSR count). The monoisotopic (exact) mass is 226 g/mol. The highest BCUT2D eigenvalue weighted by Crippen LogP contribution is 2.39. The fourth-order valence-electron chi connectivity index (χ4n) is 2.05.